The first kappa shape index (κ1) is 25.1. The summed E-state index contributed by atoms with van der Waals surface area (Å²) in [4.78, 5) is 24.9. The molecule has 0 bridgehead atoms. The van der Waals surface area contributed by atoms with Gasteiger partial charge in [0.15, 0.2) is 0 Å². The Kier molecular flexibility index (Phi) is 7.74. The van der Waals surface area contributed by atoms with Crippen LogP contribution in [0.4, 0.5) is 0 Å². The van der Waals surface area contributed by atoms with E-state index in [9.17, 15) is 18.0 Å². The predicted octanol–water partition coefficient (Wildman–Crippen LogP) is 4.14. The summed E-state index contributed by atoms with van der Waals surface area (Å²) in [6.07, 6.45) is 1.34. The van der Waals surface area contributed by atoms with Crippen molar-refractivity contribution in [1.82, 2.24) is 10.1 Å². The van der Waals surface area contributed by atoms with E-state index >= 15 is 0 Å². The molecule has 0 aromatic heterocycles. The molecule has 1 amide bonds. The Balaban J connectivity index is 1.49. The molecule has 4 aromatic rings. The van der Waals surface area contributed by atoms with E-state index < -0.39 is 28.4 Å². The minimum atomic E-state index is -3.84. The van der Waals surface area contributed by atoms with Gasteiger partial charge >= 0.3 is 5.97 Å². The van der Waals surface area contributed by atoms with Crippen molar-refractivity contribution in [3.8, 4) is 5.75 Å². The summed E-state index contributed by atoms with van der Waals surface area (Å²) in [6.45, 7) is -0.511. The fraction of sp³-hybridized carbons (Fsp3) is 0.0385. The molecule has 8 nitrogen and oxygen atoms in total. The van der Waals surface area contributed by atoms with Crippen molar-refractivity contribution in [3.63, 3.8) is 0 Å². The van der Waals surface area contributed by atoms with Gasteiger partial charge in [0.05, 0.1) is 23.2 Å². The number of nitrogens with one attached hydrogen (secondary N) is 2. The Morgan fingerprint density at radius 3 is 2.33 bits per heavy atom. The minimum Gasteiger partial charge on any atom is -0.422 e. The number of rotatable bonds is 8. The van der Waals surface area contributed by atoms with Crippen LogP contribution in [0.5, 0.6) is 5.75 Å². The number of hydrogen-bond donors (Lipinski definition) is 2. The quantitative estimate of drug-likeness (QED) is 0.156. The van der Waals surface area contributed by atoms with Crippen molar-refractivity contribution < 1.29 is 22.7 Å². The average Bonchev–Trinajstić information content (AvgIpc) is 2.89. The molecule has 4 rings (SSSR count). The number of ether oxygens (including phenoxy) is 1. The second-order valence-corrected chi connectivity index (χ2v) is 9.73. The summed E-state index contributed by atoms with van der Waals surface area (Å²) in [5.74, 6) is -1.03. The number of sulfonamides is 1. The molecule has 0 spiro atoms. The molecule has 2 N–H and O–H groups in total. The van der Waals surface area contributed by atoms with E-state index in [0.29, 0.717) is 16.1 Å². The van der Waals surface area contributed by atoms with Crippen molar-refractivity contribution in [2.75, 3.05) is 6.54 Å². The second kappa shape index (κ2) is 11.1. The van der Waals surface area contributed by atoms with Gasteiger partial charge in [-0.25, -0.2) is 23.4 Å². The lowest BCUT2D eigenvalue weighted by atomic mass is 10.0. The molecule has 0 aliphatic rings. The van der Waals surface area contributed by atoms with Gasteiger partial charge in [0.25, 0.3) is 5.91 Å². The van der Waals surface area contributed by atoms with Gasteiger partial charge in [0.1, 0.15) is 5.75 Å². The number of hydrazone groups is 1. The first-order valence-corrected chi connectivity index (χ1v) is 12.6. The molecule has 0 aliphatic heterocycles. The molecule has 0 aliphatic carbocycles. The van der Waals surface area contributed by atoms with Gasteiger partial charge in [-0.1, -0.05) is 60.1 Å². The molecule has 0 saturated heterocycles. The molecule has 0 fully saturated rings. The summed E-state index contributed by atoms with van der Waals surface area (Å²) < 4.78 is 32.4. The number of esters is 1. The van der Waals surface area contributed by atoms with E-state index in [-0.39, 0.29) is 10.6 Å². The molecule has 0 heterocycles. The van der Waals surface area contributed by atoms with Gasteiger partial charge in [0.2, 0.25) is 10.0 Å². The lowest BCUT2D eigenvalue weighted by Crippen LogP contribution is -2.34. The van der Waals surface area contributed by atoms with Gasteiger partial charge in [-0.2, -0.15) is 5.10 Å². The van der Waals surface area contributed by atoms with Crippen LogP contribution >= 0.6 is 11.6 Å². The van der Waals surface area contributed by atoms with E-state index in [1.54, 1.807) is 54.6 Å². The Morgan fingerprint density at radius 2 is 1.58 bits per heavy atom. The van der Waals surface area contributed by atoms with Crippen molar-refractivity contribution in [2.24, 2.45) is 5.10 Å². The normalized spacial score (nSPS) is 11.5. The molecular weight excluding hydrogens is 502 g/mol. The Hall–Kier alpha value is -4.05. The highest BCUT2D eigenvalue weighted by atomic mass is 35.5. The second-order valence-electron chi connectivity index (χ2n) is 7.53. The largest absolute Gasteiger partial charge is 0.422 e. The summed E-state index contributed by atoms with van der Waals surface area (Å²) >= 11 is 5.89. The van der Waals surface area contributed by atoms with E-state index in [0.717, 1.165) is 10.8 Å². The number of amides is 1. The van der Waals surface area contributed by atoms with Crippen molar-refractivity contribution in [2.45, 2.75) is 4.90 Å². The maximum atomic E-state index is 12.6. The fourth-order valence-electron chi connectivity index (χ4n) is 3.29. The highest BCUT2D eigenvalue weighted by molar-refractivity contribution is 7.89. The third-order valence-electron chi connectivity index (χ3n) is 5.07. The van der Waals surface area contributed by atoms with Crippen LogP contribution in [-0.4, -0.2) is 33.1 Å². The highest BCUT2D eigenvalue weighted by Gasteiger charge is 2.16. The zero-order chi connectivity index (χ0) is 25.5. The van der Waals surface area contributed by atoms with Crippen molar-refractivity contribution in [3.05, 3.63) is 107 Å². The predicted molar refractivity (Wildman–Crippen MR) is 138 cm³/mol. The van der Waals surface area contributed by atoms with Gasteiger partial charge in [-0.05, 0) is 53.2 Å². The summed E-state index contributed by atoms with van der Waals surface area (Å²) in [5, 5.41) is 6.05. The topological polar surface area (TPSA) is 114 Å². The van der Waals surface area contributed by atoms with Gasteiger partial charge in [0, 0.05) is 10.6 Å². The molecule has 4 aromatic carbocycles. The molecule has 36 heavy (non-hydrogen) atoms. The van der Waals surface area contributed by atoms with Crippen LogP contribution < -0.4 is 14.9 Å². The van der Waals surface area contributed by atoms with Gasteiger partial charge < -0.3 is 4.74 Å². The Labute approximate surface area is 212 Å². The molecule has 10 heteroatoms. The number of fused-ring (bicyclic) bond motifs is 1. The Morgan fingerprint density at radius 1 is 0.889 bits per heavy atom. The Bertz CT molecular complexity index is 1540. The lowest BCUT2D eigenvalue weighted by Gasteiger charge is -2.11. The molecule has 0 atom stereocenters. The number of benzene rings is 4. The van der Waals surface area contributed by atoms with E-state index in [1.807, 2.05) is 24.3 Å². The van der Waals surface area contributed by atoms with Gasteiger partial charge in [-0.15, -0.1) is 0 Å². The first-order chi connectivity index (χ1) is 17.3. The van der Waals surface area contributed by atoms with Crippen LogP contribution in [-0.2, 0) is 14.8 Å². The van der Waals surface area contributed by atoms with E-state index in [4.69, 9.17) is 16.3 Å². The first-order valence-electron chi connectivity index (χ1n) is 10.7. The third kappa shape index (κ3) is 6.14. The van der Waals surface area contributed by atoms with Crippen LogP contribution in [0.15, 0.2) is 101 Å². The monoisotopic (exact) mass is 521 g/mol. The maximum absolute atomic E-state index is 12.6. The molecule has 0 saturated carbocycles. The van der Waals surface area contributed by atoms with Crippen molar-refractivity contribution in [1.29, 1.82) is 0 Å². The zero-order valence-electron chi connectivity index (χ0n) is 18.7. The summed E-state index contributed by atoms with van der Waals surface area (Å²) in [6, 6.07) is 24.8. The van der Waals surface area contributed by atoms with Crippen LogP contribution in [0.2, 0.25) is 5.02 Å². The maximum Gasteiger partial charge on any atom is 0.343 e. The van der Waals surface area contributed by atoms with Crippen LogP contribution in [0, 0.1) is 0 Å². The number of hydrogen-bond acceptors (Lipinski definition) is 6. The van der Waals surface area contributed by atoms with Crippen LogP contribution in [0.3, 0.4) is 0 Å². The number of nitrogens with zero attached hydrogens (tertiary/aromatic N) is 1. The number of carbonyl (C=O) groups excluding carboxylic acids is 2. The standard InChI is InChI=1S/C26H20ClN3O5S/c27-20-13-10-19(11-14-20)26(32)35-24-15-12-18-6-4-5-9-22(18)23(24)16-28-30-25(31)17-29-36(33,34)21-7-2-1-3-8-21/h1-16,29H,17H2,(H,30,31). The smallest absolute Gasteiger partial charge is 0.343 e. The molecule has 0 radical (unpaired) electrons. The number of halogens is 1. The average molecular weight is 522 g/mol. The summed E-state index contributed by atoms with van der Waals surface area (Å²) in [5.41, 5.74) is 3.06. The fourth-order valence-corrected chi connectivity index (χ4v) is 4.42. The molecule has 182 valence electrons. The molecular formula is C26H20ClN3O5S. The molecule has 0 unspecified atom stereocenters. The van der Waals surface area contributed by atoms with Crippen molar-refractivity contribution >= 4 is 50.5 Å². The number of carbonyl (C=O) groups is 2. The minimum absolute atomic E-state index is 0.0456. The SMILES string of the molecule is O=C(CNS(=O)(=O)c1ccccc1)NN=Cc1c(OC(=O)c2ccc(Cl)cc2)ccc2ccccc12. The third-order valence-corrected chi connectivity index (χ3v) is 6.74. The van der Waals surface area contributed by atoms with E-state index in [1.165, 1.54) is 18.3 Å². The van der Waals surface area contributed by atoms with E-state index in [2.05, 4.69) is 15.2 Å². The lowest BCUT2D eigenvalue weighted by molar-refractivity contribution is -0.119. The highest BCUT2D eigenvalue weighted by Crippen LogP contribution is 2.27. The summed E-state index contributed by atoms with van der Waals surface area (Å²) in [7, 11) is -3.84. The van der Waals surface area contributed by atoms with Gasteiger partial charge in [-0.3, -0.25) is 4.79 Å². The van der Waals surface area contributed by atoms with Crippen LogP contribution in [0.25, 0.3) is 10.8 Å². The zero-order valence-corrected chi connectivity index (χ0v) is 20.3. The van der Waals surface area contributed by atoms with Crippen LogP contribution in [0.1, 0.15) is 15.9 Å².